The molecule has 1 saturated carbocycles. The molecule has 1 saturated heterocycles. The Bertz CT molecular complexity index is 1120. The van der Waals surface area contributed by atoms with E-state index >= 15 is 0 Å². The normalized spacial score (nSPS) is 22.4. The van der Waals surface area contributed by atoms with Gasteiger partial charge < -0.3 is 20.1 Å². The Morgan fingerprint density at radius 1 is 1.16 bits per heavy atom. The number of carbonyl (C=O) groups is 2. The van der Waals surface area contributed by atoms with E-state index in [1.165, 1.54) is 31.4 Å². The van der Waals surface area contributed by atoms with Gasteiger partial charge in [-0.3, -0.25) is 14.5 Å². The molecule has 3 heterocycles. The summed E-state index contributed by atoms with van der Waals surface area (Å²) in [5.41, 5.74) is 1.35. The highest BCUT2D eigenvalue weighted by Gasteiger charge is 2.31. The minimum atomic E-state index is -0.402. The molecule has 200 valence electrons. The number of nitrogens with one attached hydrogen (secondary N) is 2. The van der Waals surface area contributed by atoms with Crippen LogP contribution in [0.3, 0.4) is 0 Å². The van der Waals surface area contributed by atoms with Crippen molar-refractivity contribution in [3.63, 3.8) is 0 Å². The summed E-state index contributed by atoms with van der Waals surface area (Å²) in [6.07, 6.45) is 8.07. The summed E-state index contributed by atoms with van der Waals surface area (Å²) in [6.45, 7) is 5.41. The number of rotatable bonds is 7. The third-order valence-corrected chi connectivity index (χ3v) is 8.48. The summed E-state index contributed by atoms with van der Waals surface area (Å²) in [6, 6.07) is 5.96. The minimum absolute atomic E-state index is 0.000913. The summed E-state index contributed by atoms with van der Waals surface area (Å²) >= 11 is 6.10. The van der Waals surface area contributed by atoms with Gasteiger partial charge in [0.05, 0.1) is 6.04 Å². The third kappa shape index (κ3) is 6.19. The Hall–Kier alpha value is -2.42. The molecule has 0 unspecified atom stereocenters. The van der Waals surface area contributed by atoms with Crippen molar-refractivity contribution in [2.45, 2.75) is 50.6 Å². The molecule has 2 N–H and O–H groups in total. The molecule has 2 atom stereocenters. The number of fused-ring (bicyclic) bond motifs is 1. The molecule has 0 radical (unpaired) electrons. The Labute approximate surface area is 223 Å². The van der Waals surface area contributed by atoms with Crippen molar-refractivity contribution in [1.29, 1.82) is 0 Å². The van der Waals surface area contributed by atoms with Gasteiger partial charge in [0.2, 0.25) is 5.91 Å². The number of piperazine rings is 1. The molecule has 5 rings (SSSR count). The Balaban J connectivity index is 1.30. The lowest BCUT2D eigenvalue weighted by atomic mass is 9.83. The molecule has 1 aliphatic carbocycles. The van der Waals surface area contributed by atoms with E-state index in [0.29, 0.717) is 34.3 Å². The lowest BCUT2D eigenvalue weighted by molar-refractivity contribution is -0.123. The molecule has 0 bridgehead atoms. The second-order valence-corrected chi connectivity index (χ2v) is 11.3. The van der Waals surface area contributed by atoms with E-state index in [9.17, 15) is 14.0 Å². The molecule has 9 heteroatoms. The second kappa shape index (κ2) is 11.5. The van der Waals surface area contributed by atoms with Crippen LogP contribution in [0.2, 0.25) is 5.02 Å². The van der Waals surface area contributed by atoms with Crippen LogP contribution in [0.5, 0.6) is 0 Å². The van der Waals surface area contributed by atoms with Gasteiger partial charge in [-0.15, -0.1) is 0 Å². The van der Waals surface area contributed by atoms with Gasteiger partial charge >= 0.3 is 0 Å². The van der Waals surface area contributed by atoms with Crippen molar-refractivity contribution < 1.29 is 14.0 Å². The van der Waals surface area contributed by atoms with Crippen LogP contribution in [0.15, 0.2) is 30.5 Å². The molecule has 37 heavy (non-hydrogen) atoms. The van der Waals surface area contributed by atoms with Crippen LogP contribution in [0, 0.1) is 11.7 Å². The SMILES string of the molecule is CN1CCN(C[C@@H](NC(=O)C[C@@H]2CNC(=O)c3cc(-c4cc(Cl)ccc4F)cn32)C2CCCCC2)CC1. The second-order valence-electron chi connectivity index (χ2n) is 10.9. The van der Waals surface area contributed by atoms with E-state index in [4.69, 9.17) is 11.6 Å². The van der Waals surface area contributed by atoms with Crippen molar-refractivity contribution in [2.24, 2.45) is 5.92 Å². The predicted octanol–water partition coefficient (Wildman–Crippen LogP) is 3.93. The molecule has 2 amide bonds. The molecule has 3 aliphatic rings. The molecule has 0 spiro atoms. The van der Waals surface area contributed by atoms with Crippen LogP contribution >= 0.6 is 11.6 Å². The maximum absolute atomic E-state index is 14.5. The van der Waals surface area contributed by atoms with Crippen LogP contribution in [-0.2, 0) is 4.79 Å². The van der Waals surface area contributed by atoms with E-state index in [1.54, 1.807) is 18.3 Å². The zero-order valence-corrected chi connectivity index (χ0v) is 22.3. The number of hydrogen-bond acceptors (Lipinski definition) is 4. The van der Waals surface area contributed by atoms with E-state index in [0.717, 1.165) is 45.6 Å². The van der Waals surface area contributed by atoms with Gasteiger partial charge in [-0.05, 0) is 50.1 Å². The van der Waals surface area contributed by atoms with Crippen molar-refractivity contribution in [3.8, 4) is 11.1 Å². The highest BCUT2D eigenvalue weighted by molar-refractivity contribution is 6.30. The predicted molar refractivity (Wildman–Crippen MR) is 143 cm³/mol. The summed E-state index contributed by atoms with van der Waals surface area (Å²) in [5, 5.41) is 6.72. The topological polar surface area (TPSA) is 69.6 Å². The van der Waals surface area contributed by atoms with Crippen molar-refractivity contribution in [1.82, 2.24) is 25.0 Å². The van der Waals surface area contributed by atoms with E-state index in [-0.39, 0.29) is 30.3 Å². The monoisotopic (exact) mass is 529 g/mol. The fraction of sp³-hybridized carbons (Fsp3) is 0.571. The van der Waals surface area contributed by atoms with Crippen LogP contribution < -0.4 is 10.6 Å². The first-order valence-electron chi connectivity index (χ1n) is 13.5. The summed E-state index contributed by atoms with van der Waals surface area (Å²) in [5.74, 6) is -0.120. The Morgan fingerprint density at radius 3 is 2.68 bits per heavy atom. The number of amides is 2. The standard InChI is InChI=1S/C28H37ClFN5O2/c1-33-9-11-34(12-10-33)18-25(19-5-3-2-4-6-19)32-27(36)15-22-16-31-28(37)26-13-20(17-35(22)26)23-14-21(29)7-8-24(23)30/h7-8,13-14,17,19,22,25H,2-6,9-12,15-16,18H2,1H3,(H,31,37)(H,32,36)/t22-,25-/m1/s1. The quantitative estimate of drug-likeness (QED) is 0.570. The summed E-state index contributed by atoms with van der Waals surface area (Å²) in [7, 11) is 2.16. The Kier molecular flexibility index (Phi) is 8.17. The van der Waals surface area contributed by atoms with Crippen LogP contribution in [-0.4, -0.2) is 78.5 Å². The minimum Gasteiger partial charge on any atom is -0.352 e. The number of likely N-dealkylation sites (N-methyl/N-ethyl adjacent to an activating group) is 1. The lowest BCUT2D eigenvalue weighted by Gasteiger charge is -2.38. The number of benzene rings is 1. The first kappa shape index (κ1) is 26.2. The number of nitrogens with zero attached hydrogens (tertiary/aromatic N) is 3. The van der Waals surface area contributed by atoms with Gasteiger partial charge in [0, 0.05) is 74.1 Å². The van der Waals surface area contributed by atoms with E-state index in [2.05, 4.69) is 27.5 Å². The average molecular weight is 530 g/mol. The van der Waals surface area contributed by atoms with Gasteiger partial charge in [0.25, 0.3) is 5.91 Å². The smallest absolute Gasteiger partial charge is 0.268 e. The van der Waals surface area contributed by atoms with Crippen molar-refractivity contribution >= 4 is 23.4 Å². The number of hydrogen-bond donors (Lipinski definition) is 2. The zero-order valence-electron chi connectivity index (χ0n) is 21.5. The zero-order chi connectivity index (χ0) is 25.9. The van der Waals surface area contributed by atoms with E-state index < -0.39 is 5.82 Å². The molecule has 2 fully saturated rings. The van der Waals surface area contributed by atoms with Crippen LogP contribution in [0.1, 0.15) is 55.1 Å². The molecule has 2 aromatic rings. The molecular formula is C28H37ClFN5O2. The van der Waals surface area contributed by atoms with Gasteiger partial charge in [-0.1, -0.05) is 30.9 Å². The van der Waals surface area contributed by atoms with Gasteiger partial charge in [0.1, 0.15) is 11.5 Å². The molecule has 1 aromatic heterocycles. The lowest BCUT2D eigenvalue weighted by Crippen LogP contribution is -2.53. The maximum Gasteiger partial charge on any atom is 0.268 e. The number of aromatic nitrogens is 1. The number of halogens is 2. The highest BCUT2D eigenvalue weighted by atomic mass is 35.5. The highest BCUT2D eigenvalue weighted by Crippen LogP contribution is 2.32. The first-order chi connectivity index (χ1) is 17.9. The molecule has 1 aromatic carbocycles. The fourth-order valence-corrected chi connectivity index (χ4v) is 6.21. The number of carbonyl (C=O) groups excluding carboxylic acids is 2. The van der Waals surface area contributed by atoms with Crippen molar-refractivity contribution in [2.75, 3.05) is 46.3 Å². The third-order valence-electron chi connectivity index (χ3n) is 8.25. The summed E-state index contributed by atoms with van der Waals surface area (Å²) < 4.78 is 16.3. The van der Waals surface area contributed by atoms with Crippen LogP contribution in [0.4, 0.5) is 4.39 Å². The van der Waals surface area contributed by atoms with Gasteiger partial charge in [0.15, 0.2) is 0 Å². The Morgan fingerprint density at radius 2 is 1.92 bits per heavy atom. The molecular weight excluding hydrogens is 493 g/mol. The average Bonchev–Trinajstić information content (AvgIpc) is 3.35. The van der Waals surface area contributed by atoms with Gasteiger partial charge in [-0.2, -0.15) is 0 Å². The maximum atomic E-state index is 14.5. The van der Waals surface area contributed by atoms with E-state index in [1.807, 2.05) is 4.57 Å². The fourth-order valence-electron chi connectivity index (χ4n) is 6.04. The van der Waals surface area contributed by atoms with Gasteiger partial charge in [-0.25, -0.2) is 4.39 Å². The van der Waals surface area contributed by atoms with Crippen LogP contribution in [0.25, 0.3) is 11.1 Å². The summed E-state index contributed by atoms with van der Waals surface area (Å²) in [4.78, 5) is 30.8. The largest absolute Gasteiger partial charge is 0.352 e. The first-order valence-corrected chi connectivity index (χ1v) is 13.9. The molecule has 2 aliphatic heterocycles. The molecule has 7 nitrogen and oxygen atoms in total. The van der Waals surface area contributed by atoms with Crippen molar-refractivity contribution in [3.05, 3.63) is 47.0 Å².